The third-order valence-electron chi connectivity index (χ3n) is 9.98. The number of ether oxygens (including phenoxy) is 1. The first kappa shape index (κ1) is 20.6. The molecule has 9 atom stereocenters. The molecule has 5 rings (SSSR count). The number of carbonyl (C=O) groups excluding carboxylic acids is 2. The van der Waals surface area contributed by atoms with Crippen molar-refractivity contribution in [3.05, 3.63) is 11.6 Å². The summed E-state index contributed by atoms with van der Waals surface area (Å²) in [6.45, 7) is 4.14. The molecule has 30 heavy (non-hydrogen) atoms. The highest BCUT2D eigenvalue weighted by atomic mass is 16.5. The number of esters is 1. The summed E-state index contributed by atoms with van der Waals surface area (Å²) in [6.07, 6.45) is 4.15. The van der Waals surface area contributed by atoms with Gasteiger partial charge in [0.1, 0.15) is 18.1 Å². The fraction of sp³-hybridized carbons (Fsp3) is 0.826. The Balaban J connectivity index is 1.53. The fourth-order valence-electron chi connectivity index (χ4n) is 8.29. The summed E-state index contributed by atoms with van der Waals surface area (Å²) >= 11 is 0. The third kappa shape index (κ3) is 2.41. The van der Waals surface area contributed by atoms with Crippen molar-refractivity contribution in [1.29, 1.82) is 0 Å². The standard InChI is InChI=1S/C23H33NO6/c1-20-13(9-22(24,28)10-18(20)26)3-4-15-16(20)8-17(25)21(2)14(5-6-23(15,21)29)12-7-19(27)30-11-12/h7,13-17,25,28-29H,3-6,8-11,24H2,1-2H3/t13-,14-,15-,16+,17-,20+,21+,22+,23+/m1/s1. The van der Waals surface area contributed by atoms with Crippen molar-refractivity contribution < 1.29 is 29.6 Å². The van der Waals surface area contributed by atoms with E-state index in [1.807, 2.05) is 13.8 Å². The van der Waals surface area contributed by atoms with Gasteiger partial charge in [-0.15, -0.1) is 0 Å². The topological polar surface area (TPSA) is 130 Å². The molecule has 7 nitrogen and oxygen atoms in total. The number of carbonyl (C=O) groups is 2. The number of aliphatic hydroxyl groups excluding tert-OH is 1. The first-order valence-electron chi connectivity index (χ1n) is 11.3. The normalized spacial score (nSPS) is 55.4. The number of fused-ring (bicyclic) bond motifs is 5. The number of aliphatic hydroxyl groups is 3. The average Bonchev–Trinajstić information content (AvgIpc) is 3.19. The highest BCUT2D eigenvalue weighted by Crippen LogP contribution is 2.69. The molecule has 0 aromatic carbocycles. The zero-order valence-corrected chi connectivity index (χ0v) is 17.8. The summed E-state index contributed by atoms with van der Waals surface area (Å²) in [7, 11) is 0. The quantitative estimate of drug-likeness (QED) is 0.369. The van der Waals surface area contributed by atoms with Crippen molar-refractivity contribution >= 4 is 11.8 Å². The molecule has 4 fully saturated rings. The maximum Gasteiger partial charge on any atom is 0.331 e. The van der Waals surface area contributed by atoms with E-state index in [1.54, 1.807) is 0 Å². The minimum absolute atomic E-state index is 0.0454. The van der Waals surface area contributed by atoms with Crippen molar-refractivity contribution in [2.75, 3.05) is 6.61 Å². The number of ketones is 1. The molecule has 0 aromatic rings. The second-order valence-corrected chi connectivity index (χ2v) is 11.1. The molecule has 0 aromatic heterocycles. The predicted molar refractivity (Wildman–Crippen MR) is 107 cm³/mol. The highest BCUT2D eigenvalue weighted by Gasteiger charge is 2.72. The van der Waals surface area contributed by atoms with E-state index >= 15 is 0 Å². The van der Waals surface area contributed by atoms with Crippen LogP contribution in [-0.4, -0.2) is 51.1 Å². The molecule has 4 saturated carbocycles. The van der Waals surface area contributed by atoms with Gasteiger partial charge in [-0.3, -0.25) is 4.79 Å². The molecular formula is C23H33NO6. The van der Waals surface area contributed by atoms with Crippen LogP contribution in [0.5, 0.6) is 0 Å². The lowest BCUT2D eigenvalue weighted by molar-refractivity contribution is -0.243. The van der Waals surface area contributed by atoms with Crippen LogP contribution in [0.15, 0.2) is 11.6 Å². The van der Waals surface area contributed by atoms with Crippen molar-refractivity contribution in [3.63, 3.8) is 0 Å². The molecule has 0 spiro atoms. The van der Waals surface area contributed by atoms with E-state index < -0.39 is 28.3 Å². The zero-order chi connectivity index (χ0) is 21.7. The van der Waals surface area contributed by atoms with Gasteiger partial charge in [-0.1, -0.05) is 13.8 Å². The maximum absolute atomic E-state index is 13.2. The number of Topliss-reactive ketones (excluding diaryl/α,β-unsaturated/α-hetero) is 1. The number of nitrogens with two attached hydrogens (primary N) is 1. The second kappa shape index (κ2) is 6.15. The van der Waals surface area contributed by atoms with E-state index in [-0.39, 0.29) is 48.5 Å². The summed E-state index contributed by atoms with van der Waals surface area (Å²) < 4.78 is 5.12. The third-order valence-corrected chi connectivity index (χ3v) is 9.98. The van der Waals surface area contributed by atoms with Gasteiger partial charge in [0, 0.05) is 23.3 Å². The molecule has 0 radical (unpaired) electrons. The monoisotopic (exact) mass is 419 g/mol. The van der Waals surface area contributed by atoms with E-state index in [4.69, 9.17) is 10.5 Å². The van der Waals surface area contributed by atoms with Crippen LogP contribution in [0.4, 0.5) is 0 Å². The van der Waals surface area contributed by atoms with Crippen LogP contribution in [0.25, 0.3) is 0 Å². The maximum atomic E-state index is 13.2. The minimum atomic E-state index is -1.47. The number of hydrogen-bond acceptors (Lipinski definition) is 7. The van der Waals surface area contributed by atoms with Crippen molar-refractivity contribution in [1.82, 2.24) is 0 Å². The Morgan fingerprint density at radius 2 is 1.87 bits per heavy atom. The smallest absolute Gasteiger partial charge is 0.331 e. The van der Waals surface area contributed by atoms with Crippen LogP contribution >= 0.6 is 0 Å². The molecule has 4 aliphatic carbocycles. The Labute approximate surface area is 176 Å². The van der Waals surface area contributed by atoms with E-state index in [2.05, 4.69) is 0 Å². The number of cyclic esters (lactones) is 1. The molecule has 0 bridgehead atoms. The van der Waals surface area contributed by atoms with Gasteiger partial charge in [0.2, 0.25) is 0 Å². The first-order valence-corrected chi connectivity index (χ1v) is 11.3. The number of hydrogen-bond donors (Lipinski definition) is 4. The van der Waals surface area contributed by atoms with Crippen molar-refractivity contribution in [3.8, 4) is 0 Å². The lowest BCUT2D eigenvalue weighted by atomic mass is 9.42. The van der Waals surface area contributed by atoms with Crippen LogP contribution in [-0.2, 0) is 14.3 Å². The van der Waals surface area contributed by atoms with E-state index in [0.29, 0.717) is 25.7 Å². The lowest BCUT2D eigenvalue weighted by Crippen LogP contribution is -2.69. The van der Waals surface area contributed by atoms with E-state index in [9.17, 15) is 24.9 Å². The molecule has 0 amide bonds. The largest absolute Gasteiger partial charge is 0.458 e. The van der Waals surface area contributed by atoms with Crippen molar-refractivity contribution in [2.45, 2.75) is 76.2 Å². The summed E-state index contributed by atoms with van der Waals surface area (Å²) in [5.41, 5.74) is 2.74. The molecule has 1 heterocycles. The van der Waals surface area contributed by atoms with Crippen LogP contribution in [0.3, 0.4) is 0 Å². The van der Waals surface area contributed by atoms with Gasteiger partial charge in [-0.2, -0.15) is 0 Å². The Morgan fingerprint density at radius 1 is 1.13 bits per heavy atom. The number of rotatable bonds is 1. The fourth-order valence-corrected chi connectivity index (χ4v) is 8.29. The Kier molecular flexibility index (Phi) is 4.23. The Hall–Kier alpha value is -1.28. The molecular weight excluding hydrogens is 386 g/mol. The molecule has 1 aliphatic heterocycles. The average molecular weight is 420 g/mol. The molecule has 7 heteroatoms. The van der Waals surface area contributed by atoms with Crippen LogP contribution < -0.4 is 5.73 Å². The zero-order valence-electron chi connectivity index (χ0n) is 17.8. The summed E-state index contributed by atoms with van der Waals surface area (Å²) in [6, 6.07) is 0. The van der Waals surface area contributed by atoms with Gasteiger partial charge in [0.25, 0.3) is 0 Å². The first-order chi connectivity index (χ1) is 13.9. The molecule has 0 unspecified atom stereocenters. The van der Waals surface area contributed by atoms with Gasteiger partial charge >= 0.3 is 5.97 Å². The summed E-state index contributed by atoms with van der Waals surface area (Å²) in [4.78, 5) is 24.9. The van der Waals surface area contributed by atoms with Gasteiger partial charge in [0.15, 0.2) is 0 Å². The van der Waals surface area contributed by atoms with Gasteiger partial charge in [-0.05, 0) is 67.8 Å². The van der Waals surface area contributed by atoms with Crippen LogP contribution in [0.2, 0.25) is 0 Å². The Morgan fingerprint density at radius 3 is 2.53 bits per heavy atom. The molecule has 5 aliphatic rings. The Bertz CT molecular complexity index is 838. The SMILES string of the molecule is C[C@]12C(=O)C[C@@](N)(O)C[C@H]1CC[C@@H]1[C@@H]2C[C@@H](O)[C@]2(C)[C@@H](C3=CC(=O)OC3)CC[C@]12O. The van der Waals surface area contributed by atoms with Crippen molar-refractivity contribution in [2.24, 2.45) is 40.2 Å². The summed E-state index contributed by atoms with van der Waals surface area (Å²) in [5.74, 6) is -0.833. The van der Waals surface area contributed by atoms with Crippen LogP contribution in [0.1, 0.15) is 58.8 Å². The predicted octanol–water partition coefficient (Wildman–Crippen LogP) is 1.04. The molecule has 5 N–H and O–H groups in total. The van der Waals surface area contributed by atoms with Gasteiger partial charge in [-0.25, -0.2) is 4.79 Å². The minimum Gasteiger partial charge on any atom is -0.458 e. The second-order valence-electron chi connectivity index (χ2n) is 11.1. The molecule has 166 valence electrons. The van der Waals surface area contributed by atoms with Gasteiger partial charge in [0.05, 0.1) is 11.7 Å². The van der Waals surface area contributed by atoms with E-state index in [0.717, 1.165) is 18.4 Å². The summed E-state index contributed by atoms with van der Waals surface area (Å²) in [5, 5.41) is 33.9. The molecule has 0 saturated heterocycles. The van der Waals surface area contributed by atoms with Gasteiger partial charge < -0.3 is 25.8 Å². The van der Waals surface area contributed by atoms with E-state index in [1.165, 1.54) is 6.08 Å². The van der Waals surface area contributed by atoms with Crippen LogP contribution in [0, 0.1) is 34.5 Å². The highest BCUT2D eigenvalue weighted by molar-refractivity contribution is 5.87. The lowest BCUT2D eigenvalue weighted by Gasteiger charge is -2.64.